The van der Waals surface area contributed by atoms with Gasteiger partial charge in [0.25, 0.3) is 6.47 Å². The summed E-state index contributed by atoms with van der Waals surface area (Å²) in [5.41, 5.74) is 3.25. The zero-order valence-electron chi connectivity index (χ0n) is 11.6. The van der Waals surface area contributed by atoms with E-state index in [0.717, 1.165) is 0 Å². The van der Waals surface area contributed by atoms with E-state index < -0.39 is 0 Å². The van der Waals surface area contributed by atoms with E-state index in [1.54, 1.807) is 16.0 Å². The molecule has 1 aromatic rings. The highest BCUT2D eigenvalue weighted by Crippen LogP contribution is 2.32. The van der Waals surface area contributed by atoms with Crippen LogP contribution < -0.4 is 0 Å². The van der Waals surface area contributed by atoms with Crippen LogP contribution in [0.2, 0.25) is 0 Å². The molecular formula is C14H24O2S. The summed E-state index contributed by atoms with van der Waals surface area (Å²) in [5, 5.41) is 0. The number of carbonyl (C=O) groups excluding carboxylic acids is 1. The Kier molecular flexibility index (Phi) is 8.78. The highest BCUT2D eigenvalue weighted by atomic mass is 32.1. The maximum atomic E-state index is 8.95. The van der Waals surface area contributed by atoms with Crippen LogP contribution in [0.25, 0.3) is 0 Å². The van der Waals surface area contributed by atoms with Gasteiger partial charge in [-0.1, -0.05) is 13.8 Å². The lowest BCUT2D eigenvalue weighted by Gasteiger charge is -2.10. The van der Waals surface area contributed by atoms with Gasteiger partial charge in [-0.25, -0.2) is 0 Å². The summed E-state index contributed by atoms with van der Waals surface area (Å²) in [6.07, 6.45) is 5.50. The van der Waals surface area contributed by atoms with Crippen LogP contribution in [0.3, 0.4) is 0 Å². The van der Waals surface area contributed by atoms with Crippen molar-refractivity contribution in [3.63, 3.8) is 0 Å². The van der Waals surface area contributed by atoms with Crippen molar-refractivity contribution in [2.45, 2.75) is 53.4 Å². The zero-order valence-corrected chi connectivity index (χ0v) is 12.4. The Morgan fingerprint density at radius 1 is 1.18 bits per heavy atom. The van der Waals surface area contributed by atoms with Crippen molar-refractivity contribution in [1.82, 2.24) is 0 Å². The van der Waals surface area contributed by atoms with Crippen LogP contribution in [0, 0.1) is 13.8 Å². The molecule has 1 aliphatic rings. The van der Waals surface area contributed by atoms with Gasteiger partial charge >= 0.3 is 0 Å². The molecule has 0 radical (unpaired) electrons. The molecule has 98 valence electrons. The molecule has 3 heteroatoms. The van der Waals surface area contributed by atoms with E-state index in [1.165, 1.54) is 37.7 Å². The average Bonchev–Trinajstić information content (AvgIpc) is 2.68. The van der Waals surface area contributed by atoms with Crippen LogP contribution >= 0.6 is 11.3 Å². The van der Waals surface area contributed by atoms with Crippen molar-refractivity contribution in [3.05, 3.63) is 20.9 Å². The SMILES string of the molecule is CC.COC=O.Cc1sc2c(c1C)CCCC2. The van der Waals surface area contributed by atoms with Crippen molar-refractivity contribution in [1.29, 1.82) is 0 Å². The molecule has 1 aliphatic carbocycles. The van der Waals surface area contributed by atoms with Crippen molar-refractivity contribution in [3.8, 4) is 0 Å². The van der Waals surface area contributed by atoms with E-state index in [-0.39, 0.29) is 0 Å². The molecule has 0 fully saturated rings. The Bertz CT molecular complexity index is 329. The van der Waals surface area contributed by atoms with Crippen LogP contribution in [0.5, 0.6) is 0 Å². The third-order valence-electron chi connectivity index (χ3n) is 2.77. The first kappa shape index (κ1) is 16.2. The second-order valence-electron chi connectivity index (χ2n) is 3.72. The molecular weight excluding hydrogens is 232 g/mol. The Balaban J connectivity index is 0.000000368. The van der Waals surface area contributed by atoms with Crippen LogP contribution in [0.1, 0.15) is 47.6 Å². The van der Waals surface area contributed by atoms with E-state index in [9.17, 15) is 0 Å². The third-order valence-corrected chi connectivity index (χ3v) is 4.08. The third kappa shape index (κ3) is 4.90. The molecule has 0 saturated carbocycles. The van der Waals surface area contributed by atoms with Crippen molar-refractivity contribution in [2.75, 3.05) is 7.11 Å². The Hall–Kier alpha value is -0.830. The standard InChI is InChI=1S/C10H14S.C2H4O2.C2H6/c1-7-8(2)11-10-6-4-3-5-9(7)10;1-4-2-3;1-2/h3-6H2,1-2H3;2H,1H3;1-2H3. The van der Waals surface area contributed by atoms with E-state index in [1.807, 2.05) is 25.2 Å². The Labute approximate surface area is 109 Å². The zero-order chi connectivity index (χ0) is 13.3. The number of ether oxygens (including phenoxy) is 1. The monoisotopic (exact) mass is 256 g/mol. The second-order valence-corrected chi connectivity index (χ2v) is 5.03. The van der Waals surface area contributed by atoms with Gasteiger partial charge in [0.15, 0.2) is 0 Å². The molecule has 2 rings (SSSR count). The smallest absolute Gasteiger partial charge is 0.292 e. The number of hydrogen-bond donors (Lipinski definition) is 0. The lowest BCUT2D eigenvalue weighted by molar-refractivity contribution is -0.126. The normalized spacial score (nSPS) is 12.3. The molecule has 0 unspecified atom stereocenters. The molecule has 0 saturated heterocycles. The highest BCUT2D eigenvalue weighted by molar-refractivity contribution is 7.12. The van der Waals surface area contributed by atoms with Gasteiger partial charge in [-0.2, -0.15) is 0 Å². The second kappa shape index (κ2) is 9.23. The summed E-state index contributed by atoms with van der Waals surface area (Å²) in [6, 6.07) is 0. The molecule has 0 atom stereocenters. The predicted octanol–water partition coefficient (Wildman–Crippen LogP) is 4.06. The first-order valence-corrected chi connectivity index (χ1v) is 7.06. The maximum Gasteiger partial charge on any atom is 0.292 e. The highest BCUT2D eigenvalue weighted by Gasteiger charge is 2.15. The Morgan fingerprint density at radius 2 is 1.71 bits per heavy atom. The number of aryl methyl sites for hydroxylation is 2. The van der Waals surface area contributed by atoms with Crippen molar-refractivity contribution < 1.29 is 9.53 Å². The van der Waals surface area contributed by atoms with Crippen molar-refractivity contribution >= 4 is 17.8 Å². The molecule has 0 amide bonds. The van der Waals surface area contributed by atoms with E-state index in [2.05, 4.69) is 18.6 Å². The first-order chi connectivity index (χ1) is 8.20. The number of methoxy groups -OCH3 is 1. The molecule has 0 bridgehead atoms. The fourth-order valence-corrected chi connectivity index (χ4v) is 3.13. The molecule has 0 spiro atoms. The van der Waals surface area contributed by atoms with Crippen LogP contribution in [-0.2, 0) is 22.4 Å². The topological polar surface area (TPSA) is 26.3 Å². The fourth-order valence-electron chi connectivity index (χ4n) is 1.86. The maximum absolute atomic E-state index is 8.95. The van der Waals surface area contributed by atoms with E-state index in [0.29, 0.717) is 6.47 Å². The number of hydrogen-bond acceptors (Lipinski definition) is 3. The van der Waals surface area contributed by atoms with Gasteiger partial charge in [0.05, 0.1) is 7.11 Å². The molecule has 1 heterocycles. The summed E-state index contributed by atoms with van der Waals surface area (Å²) in [5.74, 6) is 0. The quantitative estimate of drug-likeness (QED) is 0.708. The number of thiophene rings is 1. The molecule has 1 aromatic heterocycles. The average molecular weight is 256 g/mol. The van der Waals surface area contributed by atoms with Gasteiger partial charge in [-0.05, 0) is 50.7 Å². The molecule has 0 N–H and O–H groups in total. The van der Waals surface area contributed by atoms with Crippen molar-refractivity contribution in [2.24, 2.45) is 0 Å². The van der Waals surface area contributed by atoms with Crippen LogP contribution in [-0.4, -0.2) is 13.6 Å². The van der Waals surface area contributed by atoms with Gasteiger partial charge in [-0.15, -0.1) is 11.3 Å². The largest absolute Gasteiger partial charge is 0.471 e. The lowest BCUT2D eigenvalue weighted by atomic mass is 9.96. The summed E-state index contributed by atoms with van der Waals surface area (Å²) < 4.78 is 3.86. The number of fused-ring (bicyclic) bond motifs is 1. The summed E-state index contributed by atoms with van der Waals surface area (Å²) in [7, 11) is 1.31. The van der Waals surface area contributed by atoms with Gasteiger partial charge < -0.3 is 4.74 Å². The molecule has 0 aliphatic heterocycles. The van der Waals surface area contributed by atoms with Gasteiger partial charge in [0, 0.05) is 9.75 Å². The minimum absolute atomic E-state index is 0.375. The minimum atomic E-state index is 0.375. The molecule has 0 aromatic carbocycles. The molecule has 2 nitrogen and oxygen atoms in total. The minimum Gasteiger partial charge on any atom is -0.471 e. The number of rotatable bonds is 1. The summed E-state index contributed by atoms with van der Waals surface area (Å²) >= 11 is 2.02. The van der Waals surface area contributed by atoms with Crippen LogP contribution in [0.4, 0.5) is 0 Å². The Morgan fingerprint density at radius 3 is 2.18 bits per heavy atom. The van der Waals surface area contributed by atoms with E-state index >= 15 is 0 Å². The van der Waals surface area contributed by atoms with Gasteiger partial charge in [0.2, 0.25) is 0 Å². The van der Waals surface area contributed by atoms with Crippen LogP contribution in [0.15, 0.2) is 0 Å². The van der Waals surface area contributed by atoms with E-state index in [4.69, 9.17) is 4.79 Å². The van der Waals surface area contributed by atoms with Gasteiger partial charge in [0.1, 0.15) is 0 Å². The van der Waals surface area contributed by atoms with Gasteiger partial charge in [-0.3, -0.25) is 4.79 Å². The first-order valence-electron chi connectivity index (χ1n) is 6.25. The molecule has 17 heavy (non-hydrogen) atoms. The summed E-state index contributed by atoms with van der Waals surface area (Å²) in [4.78, 5) is 12.2. The number of carbonyl (C=O) groups is 1. The fraction of sp³-hybridized carbons (Fsp3) is 0.643. The summed E-state index contributed by atoms with van der Waals surface area (Å²) in [6.45, 7) is 8.90. The lowest BCUT2D eigenvalue weighted by Crippen LogP contribution is -1.98. The predicted molar refractivity (Wildman–Crippen MR) is 74.9 cm³/mol.